The fourth-order valence-corrected chi connectivity index (χ4v) is 4.98. The number of aromatic nitrogens is 1. The fourth-order valence-electron chi connectivity index (χ4n) is 3.89. The highest BCUT2D eigenvalue weighted by atomic mass is 32.1. The first kappa shape index (κ1) is 19.9. The number of benzene rings is 2. The Hall–Kier alpha value is -2.38. The lowest BCUT2D eigenvalue weighted by Gasteiger charge is -2.31. The molecule has 2 atom stereocenters. The van der Waals surface area contributed by atoms with E-state index in [2.05, 4.69) is 16.3 Å². The van der Waals surface area contributed by atoms with Crippen molar-refractivity contribution < 1.29 is 13.6 Å². The van der Waals surface area contributed by atoms with E-state index in [4.69, 9.17) is 4.98 Å². The number of rotatable bonds is 5. The highest BCUT2D eigenvalue weighted by Crippen LogP contribution is 2.32. The molecule has 3 aromatic rings. The van der Waals surface area contributed by atoms with Crippen LogP contribution in [0.1, 0.15) is 42.3 Å². The van der Waals surface area contributed by atoms with Crippen LogP contribution in [0.5, 0.6) is 0 Å². The van der Waals surface area contributed by atoms with E-state index in [1.54, 1.807) is 18.3 Å². The number of likely N-dealkylation sites (tertiary alicyclic amines) is 1. The van der Waals surface area contributed by atoms with Crippen molar-refractivity contribution in [2.45, 2.75) is 31.7 Å². The Kier molecular flexibility index (Phi) is 5.87. The lowest BCUT2D eigenvalue weighted by Crippen LogP contribution is -2.42. The van der Waals surface area contributed by atoms with Gasteiger partial charge in [-0.25, -0.2) is 13.8 Å². The maximum atomic E-state index is 13.9. The quantitative estimate of drug-likeness (QED) is 0.661. The number of fused-ring (bicyclic) bond motifs is 1. The molecule has 1 aliphatic rings. The van der Waals surface area contributed by atoms with Crippen LogP contribution in [-0.2, 0) is 4.79 Å². The van der Waals surface area contributed by atoms with E-state index in [1.807, 2.05) is 18.2 Å². The van der Waals surface area contributed by atoms with Gasteiger partial charge in [0, 0.05) is 24.1 Å². The van der Waals surface area contributed by atoms with Gasteiger partial charge in [0.2, 0.25) is 5.91 Å². The average Bonchev–Trinajstić information content (AvgIpc) is 3.12. The van der Waals surface area contributed by atoms with E-state index in [0.29, 0.717) is 5.92 Å². The standard InChI is InChI=1S/C22H23F2N3OS/c1-14(17-9-8-16(23)11-18(17)24)25-21(28)13-27-10-4-5-15(12-27)22-26-19-6-2-3-7-20(19)29-22/h2-3,6-9,11,14-15H,4-5,10,12-13H2,1H3,(H,25,28)/t14-,15-/m0/s1. The number of hydrogen-bond acceptors (Lipinski definition) is 4. The Balaban J connectivity index is 1.36. The van der Waals surface area contributed by atoms with Gasteiger partial charge in [0.1, 0.15) is 11.6 Å². The van der Waals surface area contributed by atoms with Crippen LogP contribution in [0.3, 0.4) is 0 Å². The fraction of sp³-hybridized carbons (Fsp3) is 0.364. The molecule has 0 spiro atoms. The summed E-state index contributed by atoms with van der Waals surface area (Å²) < 4.78 is 28.2. The molecule has 1 aromatic heterocycles. The van der Waals surface area contributed by atoms with Crippen molar-refractivity contribution >= 4 is 27.5 Å². The molecule has 7 heteroatoms. The molecule has 0 radical (unpaired) electrons. The van der Waals surface area contributed by atoms with Crippen molar-refractivity contribution in [3.8, 4) is 0 Å². The largest absolute Gasteiger partial charge is 0.348 e. The summed E-state index contributed by atoms with van der Waals surface area (Å²) in [6, 6.07) is 11.0. The van der Waals surface area contributed by atoms with Crippen LogP contribution in [0.4, 0.5) is 8.78 Å². The third-order valence-corrected chi connectivity index (χ3v) is 6.54. The van der Waals surface area contributed by atoms with Crippen molar-refractivity contribution in [3.63, 3.8) is 0 Å². The minimum atomic E-state index is -0.647. The minimum Gasteiger partial charge on any atom is -0.348 e. The molecule has 0 aliphatic carbocycles. The summed E-state index contributed by atoms with van der Waals surface area (Å²) in [5.41, 5.74) is 1.31. The smallest absolute Gasteiger partial charge is 0.234 e. The SMILES string of the molecule is C[C@H](NC(=O)CN1CCC[C@H](c2nc3ccccc3s2)C1)c1ccc(F)cc1F. The second kappa shape index (κ2) is 8.55. The van der Waals surface area contributed by atoms with E-state index < -0.39 is 17.7 Å². The number of halogens is 2. The van der Waals surface area contributed by atoms with Crippen molar-refractivity contribution in [2.24, 2.45) is 0 Å². The molecule has 0 unspecified atom stereocenters. The summed E-state index contributed by atoms with van der Waals surface area (Å²) in [6.07, 6.45) is 2.07. The molecule has 1 fully saturated rings. The molecule has 2 aromatic carbocycles. The predicted molar refractivity (Wildman–Crippen MR) is 111 cm³/mol. The highest BCUT2D eigenvalue weighted by Gasteiger charge is 2.26. The minimum absolute atomic E-state index is 0.161. The molecule has 0 bridgehead atoms. The van der Waals surface area contributed by atoms with Gasteiger partial charge in [0.05, 0.1) is 27.8 Å². The molecule has 29 heavy (non-hydrogen) atoms. The van der Waals surface area contributed by atoms with Crippen LogP contribution in [-0.4, -0.2) is 35.4 Å². The van der Waals surface area contributed by atoms with E-state index in [-0.39, 0.29) is 18.0 Å². The van der Waals surface area contributed by atoms with Crippen LogP contribution in [0.2, 0.25) is 0 Å². The molecule has 2 heterocycles. The van der Waals surface area contributed by atoms with Gasteiger partial charge >= 0.3 is 0 Å². The van der Waals surface area contributed by atoms with Gasteiger partial charge in [-0.15, -0.1) is 11.3 Å². The maximum Gasteiger partial charge on any atom is 0.234 e. The van der Waals surface area contributed by atoms with Crippen LogP contribution >= 0.6 is 11.3 Å². The first-order valence-electron chi connectivity index (χ1n) is 9.82. The summed E-state index contributed by atoms with van der Waals surface area (Å²) in [5.74, 6) is -1.11. The lowest BCUT2D eigenvalue weighted by atomic mass is 9.98. The van der Waals surface area contributed by atoms with Gasteiger partial charge in [-0.05, 0) is 44.5 Å². The normalized spacial score (nSPS) is 18.7. The second-order valence-electron chi connectivity index (χ2n) is 7.55. The summed E-state index contributed by atoms with van der Waals surface area (Å²) in [7, 11) is 0. The number of carbonyl (C=O) groups excluding carboxylic acids is 1. The summed E-state index contributed by atoms with van der Waals surface area (Å²) >= 11 is 1.72. The van der Waals surface area contributed by atoms with E-state index in [1.165, 1.54) is 16.8 Å². The predicted octanol–water partition coefficient (Wildman–Crippen LogP) is 4.63. The monoisotopic (exact) mass is 415 g/mol. The number of nitrogens with one attached hydrogen (secondary N) is 1. The number of piperidine rings is 1. The summed E-state index contributed by atoms with van der Waals surface area (Å²) in [6.45, 7) is 3.60. The second-order valence-corrected chi connectivity index (χ2v) is 8.61. The molecule has 1 amide bonds. The van der Waals surface area contributed by atoms with Crippen molar-refractivity contribution in [1.82, 2.24) is 15.2 Å². The zero-order valence-electron chi connectivity index (χ0n) is 16.2. The van der Waals surface area contributed by atoms with Crippen LogP contribution in [0.15, 0.2) is 42.5 Å². The lowest BCUT2D eigenvalue weighted by molar-refractivity contribution is -0.123. The molecule has 4 nitrogen and oxygen atoms in total. The summed E-state index contributed by atoms with van der Waals surface area (Å²) in [4.78, 5) is 19.4. The third kappa shape index (κ3) is 4.62. The van der Waals surface area contributed by atoms with Gasteiger partial charge in [-0.2, -0.15) is 0 Å². The van der Waals surface area contributed by atoms with Gasteiger partial charge in [-0.3, -0.25) is 9.69 Å². The molecule has 1 saturated heterocycles. The molecule has 1 N–H and O–H groups in total. The van der Waals surface area contributed by atoms with Gasteiger partial charge < -0.3 is 5.32 Å². The number of para-hydroxylation sites is 1. The molecule has 152 valence electrons. The first-order chi connectivity index (χ1) is 14.0. The number of thiazole rings is 1. The number of hydrogen-bond donors (Lipinski definition) is 1. The van der Waals surface area contributed by atoms with Crippen LogP contribution in [0.25, 0.3) is 10.2 Å². The average molecular weight is 416 g/mol. The maximum absolute atomic E-state index is 13.9. The number of amides is 1. The van der Waals surface area contributed by atoms with Crippen LogP contribution in [0, 0.1) is 11.6 Å². The topological polar surface area (TPSA) is 45.2 Å². The molecular formula is C22H23F2N3OS. The number of nitrogens with zero attached hydrogens (tertiary/aromatic N) is 2. The van der Waals surface area contributed by atoms with Gasteiger partial charge in [0.25, 0.3) is 0 Å². The Morgan fingerprint density at radius 3 is 2.93 bits per heavy atom. The zero-order valence-corrected chi connectivity index (χ0v) is 17.0. The Labute approximate surface area is 172 Å². The highest BCUT2D eigenvalue weighted by molar-refractivity contribution is 7.18. The van der Waals surface area contributed by atoms with Gasteiger partial charge in [0.15, 0.2) is 0 Å². The summed E-state index contributed by atoms with van der Waals surface area (Å²) in [5, 5.41) is 3.95. The molecular weight excluding hydrogens is 392 g/mol. The number of carbonyl (C=O) groups is 1. The van der Waals surface area contributed by atoms with Crippen molar-refractivity contribution in [3.05, 3.63) is 64.7 Å². The molecule has 0 saturated carbocycles. The van der Waals surface area contributed by atoms with Crippen LogP contribution < -0.4 is 5.32 Å². The van der Waals surface area contributed by atoms with E-state index in [0.717, 1.165) is 42.5 Å². The Morgan fingerprint density at radius 2 is 2.14 bits per heavy atom. The Bertz CT molecular complexity index is 989. The third-order valence-electron chi connectivity index (χ3n) is 5.34. The first-order valence-corrected chi connectivity index (χ1v) is 10.6. The van der Waals surface area contributed by atoms with E-state index in [9.17, 15) is 13.6 Å². The Morgan fingerprint density at radius 1 is 1.31 bits per heavy atom. The van der Waals surface area contributed by atoms with E-state index >= 15 is 0 Å². The molecule has 4 rings (SSSR count). The van der Waals surface area contributed by atoms with Gasteiger partial charge in [-0.1, -0.05) is 18.2 Å². The van der Waals surface area contributed by atoms with Crippen molar-refractivity contribution in [2.75, 3.05) is 19.6 Å². The molecule has 1 aliphatic heterocycles. The zero-order chi connectivity index (χ0) is 20.4. The van der Waals surface area contributed by atoms with Crippen molar-refractivity contribution in [1.29, 1.82) is 0 Å².